The number of hydrogen-bond acceptors (Lipinski definition) is 6. The minimum Gasteiger partial charge on any atom is -0.492 e. The number of rotatable bonds is 10. The Hall–Kier alpha value is -3.06. The van der Waals surface area contributed by atoms with Crippen LogP contribution in [0.2, 0.25) is 0 Å². The van der Waals surface area contributed by atoms with E-state index in [0.717, 1.165) is 22.4 Å². The third-order valence-electron chi connectivity index (χ3n) is 3.99. The third-order valence-corrected chi connectivity index (χ3v) is 3.99. The Morgan fingerprint density at radius 2 is 1.93 bits per heavy atom. The summed E-state index contributed by atoms with van der Waals surface area (Å²) in [7, 11) is 1.91. The highest BCUT2D eigenvalue weighted by Gasteiger charge is 2.09. The number of carbonyl (C=O) groups is 1. The predicted molar refractivity (Wildman–Crippen MR) is 101 cm³/mol. The molecule has 142 valence electrons. The van der Waals surface area contributed by atoms with Gasteiger partial charge in [0.2, 0.25) is 0 Å². The molecule has 0 aliphatic heterocycles. The van der Waals surface area contributed by atoms with Crippen molar-refractivity contribution in [3.8, 4) is 5.75 Å². The second-order valence-electron chi connectivity index (χ2n) is 6.07. The van der Waals surface area contributed by atoms with Crippen LogP contribution in [-0.4, -0.2) is 49.5 Å². The van der Waals surface area contributed by atoms with Gasteiger partial charge in [0.25, 0.3) is 6.01 Å². The van der Waals surface area contributed by atoms with Crippen LogP contribution in [0.15, 0.2) is 52.9 Å². The van der Waals surface area contributed by atoms with Crippen molar-refractivity contribution < 1.29 is 23.8 Å². The van der Waals surface area contributed by atoms with Gasteiger partial charge in [0.05, 0.1) is 13.2 Å². The van der Waals surface area contributed by atoms with Gasteiger partial charge in [-0.25, -0.2) is 4.79 Å². The van der Waals surface area contributed by atoms with Gasteiger partial charge in [-0.1, -0.05) is 24.3 Å². The zero-order chi connectivity index (χ0) is 19.1. The molecular weight excluding hydrogens is 348 g/mol. The van der Waals surface area contributed by atoms with Crippen molar-refractivity contribution in [1.82, 2.24) is 4.98 Å². The molecule has 0 saturated carbocycles. The number of fused-ring (bicyclic) bond motifs is 1. The van der Waals surface area contributed by atoms with E-state index in [0.29, 0.717) is 32.2 Å². The summed E-state index contributed by atoms with van der Waals surface area (Å²) in [5.41, 5.74) is 2.67. The molecular formula is C20H22N2O5. The number of benzene rings is 2. The number of anilines is 1. The first kappa shape index (κ1) is 18.7. The predicted octanol–water partition coefficient (Wildman–Crippen LogP) is 2.99. The van der Waals surface area contributed by atoms with Gasteiger partial charge in [-0.15, -0.1) is 0 Å². The van der Waals surface area contributed by atoms with Crippen LogP contribution in [0.5, 0.6) is 5.75 Å². The number of carboxylic acid groups (broad SMARTS) is 1. The lowest BCUT2D eigenvalue weighted by Crippen LogP contribution is -2.23. The molecule has 0 atom stereocenters. The number of para-hydroxylation sites is 2. The van der Waals surface area contributed by atoms with Crippen LogP contribution in [-0.2, 0) is 16.0 Å². The highest BCUT2D eigenvalue weighted by Crippen LogP contribution is 2.20. The summed E-state index contributed by atoms with van der Waals surface area (Å²) in [6.45, 7) is 1.24. The fraction of sp³-hybridized carbons (Fsp3) is 0.300. The van der Waals surface area contributed by atoms with Gasteiger partial charge in [0.1, 0.15) is 24.5 Å². The Morgan fingerprint density at radius 1 is 1.15 bits per heavy atom. The summed E-state index contributed by atoms with van der Waals surface area (Å²) < 4.78 is 16.5. The van der Waals surface area contributed by atoms with Crippen LogP contribution in [0.4, 0.5) is 6.01 Å². The number of aliphatic carboxylic acids is 1. The van der Waals surface area contributed by atoms with Crippen LogP contribution in [0.3, 0.4) is 0 Å². The van der Waals surface area contributed by atoms with Crippen molar-refractivity contribution in [3.05, 3.63) is 54.1 Å². The molecule has 0 radical (unpaired) electrons. The Labute approximate surface area is 157 Å². The van der Waals surface area contributed by atoms with E-state index >= 15 is 0 Å². The molecule has 1 heterocycles. The van der Waals surface area contributed by atoms with Gasteiger partial charge in [0, 0.05) is 7.05 Å². The van der Waals surface area contributed by atoms with E-state index in [4.69, 9.17) is 19.0 Å². The summed E-state index contributed by atoms with van der Waals surface area (Å²) in [5, 5.41) is 8.52. The van der Waals surface area contributed by atoms with Crippen LogP contribution >= 0.6 is 0 Å². The maximum Gasteiger partial charge on any atom is 0.329 e. The summed E-state index contributed by atoms with van der Waals surface area (Å²) in [6.07, 6.45) is 0.661. The van der Waals surface area contributed by atoms with Crippen molar-refractivity contribution >= 4 is 23.1 Å². The molecule has 0 bridgehead atoms. The van der Waals surface area contributed by atoms with Crippen LogP contribution < -0.4 is 9.64 Å². The standard InChI is InChI=1S/C20H22N2O5/c1-22(20-21-17-4-2-3-5-18(17)27-20)11-13-26-16-8-6-15(7-9-16)10-12-25-14-19(23)24/h2-9H,10-14H2,1H3,(H,23,24). The summed E-state index contributed by atoms with van der Waals surface area (Å²) in [5.74, 6) is -0.183. The summed E-state index contributed by atoms with van der Waals surface area (Å²) in [4.78, 5) is 16.7. The Morgan fingerprint density at radius 3 is 2.67 bits per heavy atom. The maximum atomic E-state index is 10.4. The number of nitrogens with zero attached hydrogens (tertiary/aromatic N) is 2. The Balaban J connectivity index is 1.42. The lowest BCUT2D eigenvalue weighted by molar-refractivity contribution is -0.142. The normalized spacial score (nSPS) is 10.9. The zero-order valence-electron chi connectivity index (χ0n) is 15.1. The van der Waals surface area contributed by atoms with Crippen LogP contribution in [0.1, 0.15) is 5.56 Å². The van der Waals surface area contributed by atoms with Gasteiger partial charge in [-0.2, -0.15) is 4.98 Å². The lowest BCUT2D eigenvalue weighted by atomic mass is 10.1. The lowest BCUT2D eigenvalue weighted by Gasteiger charge is -2.15. The second-order valence-corrected chi connectivity index (χ2v) is 6.07. The molecule has 3 rings (SSSR count). The van der Waals surface area contributed by atoms with Crippen molar-refractivity contribution in [2.45, 2.75) is 6.42 Å². The highest BCUT2D eigenvalue weighted by molar-refractivity contribution is 5.74. The largest absolute Gasteiger partial charge is 0.492 e. The van der Waals surface area contributed by atoms with Crippen molar-refractivity contribution in [3.63, 3.8) is 0 Å². The number of hydrogen-bond donors (Lipinski definition) is 1. The Bertz CT molecular complexity index is 842. The van der Waals surface area contributed by atoms with Gasteiger partial charge in [0.15, 0.2) is 5.58 Å². The first-order valence-corrected chi connectivity index (χ1v) is 8.70. The van der Waals surface area contributed by atoms with Crippen molar-refractivity contribution in [1.29, 1.82) is 0 Å². The van der Waals surface area contributed by atoms with Gasteiger partial charge < -0.3 is 23.9 Å². The van der Waals surface area contributed by atoms with Gasteiger partial charge >= 0.3 is 5.97 Å². The molecule has 1 aromatic heterocycles. The molecule has 0 aliphatic carbocycles. The highest BCUT2D eigenvalue weighted by atomic mass is 16.5. The van der Waals surface area contributed by atoms with E-state index in [1.54, 1.807) is 0 Å². The zero-order valence-corrected chi connectivity index (χ0v) is 15.1. The number of aromatic nitrogens is 1. The number of oxazole rings is 1. The van der Waals surface area contributed by atoms with Crippen LogP contribution in [0, 0.1) is 0 Å². The molecule has 2 aromatic carbocycles. The van der Waals surface area contributed by atoms with E-state index in [1.807, 2.05) is 60.5 Å². The minimum atomic E-state index is -0.957. The number of carboxylic acids is 1. The molecule has 1 N–H and O–H groups in total. The first-order valence-electron chi connectivity index (χ1n) is 8.70. The quantitative estimate of drug-likeness (QED) is 0.549. The molecule has 27 heavy (non-hydrogen) atoms. The molecule has 7 nitrogen and oxygen atoms in total. The van der Waals surface area contributed by atoms with E-state index in [2.05, 4.69) is 4.98 Å². The third kappa shape index (κ3) is 5.46. The number of likely N-dealkylation sites (N-methyl/N-ethyl adjacent to an activating group) is 1. The molecule has 3 aromatic rings. The number of ether oxygens (including phenoxy) is 2. The van der Waals surface area contributed by atoms with E-state index in [-0.39, 0.29) is 6.61 Å². The monoisotopic (exact) mass is 370 g/mol. The van der Waals surface area contributed by atoms with E-state index in [9.17, 15) is 4.79 Å². The topological polar surface area (TPSA) is 85.0 Å². The van der Waals surface area contributed by atoms with Crippen LogP contribution in [0.25, 0.3) is 11.1 Å². The average molecular weight is 370 g/mol. The molecule has 0 fully saturated rings. The molecule has 0 aliphatic rings. The SMILES string of the molecule is CN(CCOc1ccc(CCOCC(=O)O)cc1)c1nc2ccccc2o1. The maximum absolute atomic E-state index is 10.4. The fourth-order valence-corrected chi connectivity index (χ4v) is 2.52. The molecule has 0 saturated heterocycles. The smallest absolute Gasteiger partial charge is 0.329 e. The van der Waals surface area contributed by atoms with Gasteiger partial charge in [-0.3, -0.25) is 0 Å². The van der Waals surface area contributed by atoms with E-state index < -0.39 is 5.97 Å². The molecule has 0 amide bonds. The van der Waals surface area contributed by atoms with Gasteiger partial charge in [-0.05, 0) is 36.2 Å². The summed E-state index contributed by atoms with van der Waals surface area (Å²) >= 11 is 0. The second kappa shape index (κ2) is 9.05. The molecule has 0 unspecified atom stereocenters. The van der Waals surface area contributed by atoms with E-state index in [1.165, 1.54) is 0 Å². The van der Waals surface area contributed by atoms with Crippen molar-refractivity contribution in [2.24, 2.45) is 0 Å². The average Bonchev–Trinajstić information content (AvgIpc) is 3.10. The minimum absolute atomic E-state index is 0.269. The Kier molecular flexibility index (Phi) is 6.27. The molecule has 7 heteroatoms. The summed E-state index contributed by atoms with van der Waals surface area (Å²) in [6, 6.07) is 15.9. The fourth-order valence-electron chi connectivity index (χ4n) is 2.52. The first-order chi connectivity index (χ1) is 13.1. The molecule has 0 spiro atoms. The van der Waals surface area contributed by atoms with Crippen molar-refractivity contribution in [2.75, 3.05) is 38.3 Å².